The lowest BCUT2D eigenvalue weighted by Gasteiger charge is -2.40. The Morgan fingerprint density at radius 3 is 2.88 bits per heavy atom. The predicted molar refractivity (Wildman–Crippen MR) is 93.1 cm³/mol. The Balaban J connectivity index is 1.59. The number of benzene rings is 1. The SMILES string of the molecule is O=C(c1cccc(-c2ccoc2)c1)N1CCOC[C@@H]1[C@@H]1CCC[C@H]1O. The molecule has 5 nitrogen and oxygen atoms in total. The summed E-state index contributed by atoms with van der Waals surface area (Å²) in [5.74, 6) is 0.124. The van der Waals surface area contributed by atoms with Crippen molar-refractivity contribution in [3.05, 3.63) is 48.4 Å². The second-order valence-corrected chi connectivity index (χ2v) is 6.90. The van der Waals surface area contributed by atoms with Gasteiger partial charge in [-0.05, 0) is 36.6 Å². The number of rotatable bonds is 3. The molecule has 2 heterocycles. The molecule has 0 radical (unpaired) electrons. The number of amides is 1. The van der Waals surface area contributed by atoms with Crippen molar-refractivity contribution in [1.82, 2.24) is 4.90 Å². The van der Waals surface area contributed by atoms with Gasteiger partial charge in [-0.1, -0.05) is 18.6 Å². The number of carbonyl (C=O) groups excluding carboxylic acids is 1. The Kier molecular flexibility index (Phi) is 4.59. The van der Waals surface area contributed by atoms with Gasteiger partial charge >= 0.3 is 0 Å². The summed E-state index contributed by atoms with van der Waals surface area (Å²) in [5, 5.41) is 10.3. The van der Waals surface area contributed by atoms with Gasteiger partial charge in [0.05, 0.1) is 37.9 Å². The predicted octanol–water partition coefficient (Wildman–Crippen LogP) is 2.95. The first-order valence-electron chi connectivity index (χ1n) is 8.93. The molecule has 3 atom stereocenters. The number of hydrogen-bond donors (Lipinski definition) is 1. The fourth-order valence-corrected chi connectivity index (χ4v) is 4.07. The van der Waals surface area contributed by atoms with Gasteiger partial charge in [0.2, 0.25) is 0 Å². The Labute approximate surface area is 147 Å². The monoisotopic (exact) mass is 341 g/mol. The summed E-state index contributed by atoms with van der Waals surface area (Å²) in [6, 6.07) is 9.47. The highest BCUT2D eigenvalue weighted by Gasteiger charge is 2.39. The summed E-state index contributed by atoms with van der Waals surface area (Å²) in [7, 11) is 0. The third kappa shape index (κ3) is 3.22. The Morgan fingerprint density at radius 1 is 1.20 bits per heavy atom. The maximum atomic E-state index is 13.2. The number of furan rings is 1. The quantitative estimate of drug-likeness (QED) is 0.932. The van der Waals surface area contributed by atoms with Crippen LogP contribution < -0.4 is 0 Å². The number of morpholine rings is 1. The van der Waals surface area contributed by atoms with Gasteiger partial charge in [-0.2, -0.15) is 0 Å². The van der Waals surface area contributed by atoms with Crippen LogP contribution in [0.3, 0.4) is 0 Å². The number of aliphatic hydroxyl groups excluding tert-OH is 1. The Hall–Kier alpha value is -2.11. The number of carbonyl (C=O) groups is 1. The van der Waals surface area contributed by atoms with Gasteiger partial charge in [0.15, 0.2) is 0 Å². The Bertz CT molecular complexity index is 727. The maximum absolute atomic E-state index is 13.2. The number of ether oxygens (including phenoxy) is 1. The third-order valence-corrected chi connectivity index (χ3v) is 5.42. The fourth-order valence-electron chi connectivity index (χ4n) is 4.07. The average Bonchev–Trinajstić information content (AvgIpc) is 3.33. The van der Waals surface area contributed by atoms with Crippen LogP contribution in [0.5, 0.6) is 0 Å². The first-order valence-corrected chi connectivity index (χ1v) is 8.93. The minimum atomic E-state index is -0.334. The van der Waals surface area contributed by atoms with E-state index in [4.69, 9.17) is 9.15 Å². The molecule has 1 amide bonds. The molecule has 2 aromatic rings. The number of hydrogen-bond acceptors (Lipinski definition) is 4. The molecule has 132 valence electrons. The zero-order chi connectivity index (χ0) is 17.2. The topological polar surface area (TPSA) is 62.9 Å². The largest absolute Gasteiger partial charge is 0.472 e. The van der Waals surface area contributed by atoms with E-state index < -0.39 is 0 Å². The van der Waals surface area contributed by atoms with Gasteiger partial charge in [0.25, 0.3) is 5.91 Å². The van der Waals surface area contributed by atoms with Crippen LogP contribution in [0.4, 0.5) is 0 Å². The number of nitrogens with zero attached hydrogens (tertiary/aromatic N) is 1. The smallest absolute Gasteiger partial charge is 0.254 e. The van der Waals surface area contributed by atoms with Crippen LogP contribution in [-0.4, -0.2) is 47.8 Å². The summed E-state index contributed by atoms with van der Waals surface area (Å²) in [6.07, 6.45) is 5.76. The van der Waals surface area contributed by atoms with Crippen LogP contribution in [-0.2, 0) is 4.74 Å². The lowest BCUT2D eigenvalue weighted by Crippen LogP contribution is -2.53. The summed E-state index contributed by atoms with van der Waals surface area (Å²) in [4.78, 5) is 15.1. The van der Waals surface area contributed by atoms with E-state index in [0.29, 0.717) is 25.3 Å². The molecular weight excluding hydrogens is 318 g/mol. The molecule has 5 heteroatoms. The molecule has 2 aliphatic rings. The van der Waals surface area contributed by atoms with Crippen molar-refractivity contribution in [2.24, 2.45) is 5.92 Å². The van der Waals surface area contributed by atoms with E-state index >= 15 is 0 Å². The minimum absolute atomic E-state index is 0.0118. The van der Waals surface area contributed by atoms with Gasteiger partial charge in [0.1, 0.15) is 0 Å². The molecule has 0 unspecified atom stereocenters. The van der Waals surface area contributed by atoms with Crippen LogP contribution in [0.15, 0.2) is 47.3 Å². The molecule has 4 rings (SSSR count). The van der Waals surface area contributed by atoms with Gasteiger partial charge in [-0.3, -0.25) is 4.79 Å². The van der Waals surface area contributed by atoms with Crippen molar-refractivity contribution >= 4 is 5.91 Å². The standard InChI is InChI=1S/C20H23NO4/c22-19-6-2-5-17(19)18-13-25-10-8-21(18)20(23)15-4-1-3-14(11-15)16-7-9-24-12-16/h1,3-4,7,9,11-12,17-19,22H,2,5-6,8,10,13H2/t17-,18+,19+/m0/s1. The first kappa shape index (κ1) is 16.4. The van der Waals surface area contributed by atoms with E-state index in [1.165, 1.54) is 0 Å². The Morgan fingerprint density at radius 2 is 2.12 bits per heavy atom. The molecule has 1 aromatic carbocycles. The average molecular weight is 341 g/mol. The van der Waals surface area contributed by atoms with Gasteiger partial charge < -0.3 is 19.2 Å². The first-order chi connectivity index (χ1) is 12.2. The van der Waals surface area contributed by atoms with E-state index in [9.17, 15) is 9.90 Å². The minimum Gasteiger partial charge on any atom is -0.472 e. The molecule has 1 saturated carbocycles. The van der Waals surface area contributed by atoms with Crippen LogP contribution in [0.25, 0.3) is 11.1 Å². The van der Waals surface area contributed by atoms with Gasteiger partial charge in [-0.25, -0.2) is 0 Å². The highest BCUT2D eigenvalue weighted by atomic mass is 16.5. The zero-order valence-corrected chi connectivity index (χ0v) is 14.1. The summed E-state index contributed by atoms with van der Waals surface area (Å²) in [6.45, 7) is 1.63. The molecule has 0 bridgehead atoms. The summed E-state index contributed by atoms with van der Waals surface area (Å²) < 4.78 is 10.8. The van der Waals surface area contributed by atoms with Crippen molar-refractivity contribution < 1.29 is 19.1 Å². The van der Waals surface area contributed by atoms with Crippen molar-refractivity contribution in [2.45, 2.75) is 31.4 Å². The summed E-state index contributed by atoms with van der Waals surface area (Å²) >= 11 is 0. The molecule has 1 N–H and O–H groups in total. The molecule has 25 heavy (non-hydrogen) atoms. The molecule has 1 saturated heterocycles. The molecule has 1 aliphatic carbocycles. The second-order valence-electron chi connectivity index (χ2n) is 6.90. The second kappa shape index (κ2) is 7.02. The van der Waals surface area contributed by atoms with Crippen molar-refractivity contribution in [3.8, 4) is 11.1 Å². The van der Waals surface area contributed by atoms with Gasteiger partial charge in [-0.15, -0.1) is 0 Å². The maximum Gasteiger partial charge on any atom is 0.254 e. The lowest BCUT2D eigenvalue weighted by atomic mass is 9.93. The van der Waals surface area contributed by atoms with Crippen LogP contribution in [0.2, 0.25) is 0 Å². The van der Waals surface area contributed by atoms with Crippen LogP contribution in [0.1, 0.15) is 29.6 Å². The molecular formula is C20H23NO4. The van der Waals surface area contributed by atoms with Crippen molar-refractivity contribution in [3.63, 3.8) is 0 Å². The molecule has 1 aliphatic heterocycles. The van der Waals surface area contributed by atoms with E-state index in [0.717, 1.165) is 30.4 Å². The van der Waals surface area contributed by atoms with E-state index in [1.807, 2.05) is 35.2 Å². The highest BCUT2D eigenvalue weighted by Crippen LogP contribution is 2.33. The third-order valence-electron chi connectivity index (χ3n) is 5.42. The van der Waals surface area contributed by atoms with Crippen molar-refractivity contribution in [1.29, 1.82) is 0 Å². The normalized spacial score (nSPS) is 26.8. The van der Waals surface area contributed by atoms with Crippen LogP contribution in [0, 0.1) is 5.92 Å². The number of aliphatic hydroxyl groups is 1. The van der Waals surface area contributed by atoms with E-state index in [1.54, 1.807) is 12.5 Å². The summed E-state index contributed by atoms with van der Waals surface area (Å²) in [5.41, 5.74) is 2.59. The lowest BCUT2D eigenvalue weighted by molar-refractivity contribution is -0.0383. The molecule has 2 fully saturated rings. The van der Waals surface area contributed by atoms with Gasteiger partial charge in [0, 0.05) is 23.6 Å². The molecule has 1 aromatic heterocycles. The van der Waals surface area contributed by atoms with E-state index in [2.05, 4.69) is 0 Å². The zero-order valence-electron chi connectivity index (χ0n) is 14.1. The van der Waals surface area contributed by atoms with E-state index in [-0.39, 0.29) is 24.0 Å². The van der Waals surface area contributed by atoms with Crippen LogP contribution >= 0.6 is 0 Å². The highest BCUT2D eigenvalue weighted by molar-refractivity contribution is 5.95. The van der Waals surface area contributed by atoms with Crippen molar-refractivity contribution in [2.75, 3.05) is 19.8 Å². The molecule has 0 spiro atoms. The fraction of sp³-hybridized carbons (Fsp3) is 0.450.